The van der Waals surface area contributed by atoms with E-state index in [1.54, 1.807) is 18.7 Å². The number of Topliss-reactive ketones (excluding diaryl/α,β-unsaturated/α-hetero) is 1. The lowest BCUT2D eigenvalue weighted by atomic mass is 10.1. The Labute approximate surface area is 82.9 Å². The van der Waals surface area contributed by atoms with E-state index in [1.807, 2.05) is 30.3 Å². The van der Waals surface area contributed by atoms with Gasteiger partial charge in [-0.25, -0.2) is 0 Å². The summed E-state index contributed by atoms with van der Waals surface area (Å²) in [5.74, 6) is 0.955. The molecular weight excluding hydrogens is 180 g/mol. The number of ketones is 1. The minimum absolute atomic E-state index is 0.118. The molecule has 0 N–H and O–H groups in total. The first kappa shape index (κ1) is 10.1. The van der Waals surface area contributed by atoms with E-state index in [0.717, 1.165) is 16.2 Å². The highest BCUT2D eigenvalue weighted by atomic mass is 32.2. The minimum Gasteiger partial charge on any atom is -0.294 e. The molecule has 0 bridgehead atoms. The molecule has 2 heteroatoms. The summed E-state index contributed by atoms with van der Waals surface area (Å²) in [6.07, 6.45) is 1.83. The molecule has 0 aliphatic rings. The Morgan fingerprint density at radius 2 is 2.23 bits per heavy atom. The Balaban J connectivity index is 2.90. The molecule has 0 aliphatic carbocycles. The Bertz CT molecular complexity index is 318. The van der Waals surface area contributed by atoms with Crippen molar-refractivity contribution in [3.8, 4) is 0 Å². The number of thioether (sulfide) groups is 1. The predicted molar refractivity (Wildman–Crippen MR) is 57.4 cm³/mol. The molecule has 0 unspecified atom stereocenters. The van der Waals surface area contributed by atoms with Gasteiger partial charge in [0.2, 0.25) is 0 Å². The second-order valence-electron chi connectivity index (χ2n) is 2.65. The van der Waals surface area contributed by atoms with E-state index >= 15 is 0 Å². The number of rotatable bonds is 4. The van der Waals surface area contributed by atoms with Crippen LogP contribution < -0.4 is 0 Å². The van der Waals surface area contributed by atoms with Gasteiger partial charge >= 0.3 is 0 Å². The first-order valence-electron chi connectivity index (χ1n) is 4.09. The molecular formula is C11H12OS. The van der Waals surface area contributed by atoms with Crippen molar-refractivity contribution in [2.75, 3.05) is 5.75 Å². The molecule has 0 fully saturated rings. The van der Waals surface area contributed by atoms with Crippen molar-refractivity contribution in [3.05, 3.63) is 42.5 Å². The zero-order valence-electron chi connectivity index (χ0n) is 7.62. The molecule has 1 aromatic rings. The van der Waals surface area contributed by atoms with Gasteiger partial charge < -0.3 is 0 Å². The first-order valence-corrected chi connectivity index (χ1v) is 5.08. The topological polar surface area (TPSA) is 17.1 Å². The molecule has 68 valence electrons. The SMILES string of the molecule is C=CCSc1ccccc1C(C)=O. The summed E-state index contributed by atoms with van der Waals surface area (Å²) in [6, 6.07) is 7.64. The molecule has 1 rings (SSSR count). The van der Waals surface area contributed by atoms with Crippen LogP contribution >= 0.6 is 11.8 Å². The van der Waals surface area contributed by atoms with E-state index in [-0.39, 0.29) is 5.78 Å². The monoisotopic (exact) mass is 192 g/mol. The van der Waals surface area contributed by atoms with Crippen LogP contribution in [-0.4, -0.2) is 11.5 Å². The molecule has 1 nitrogen and oxygen atoms in total. The van der Waals surface area contributed by atoms with Gasteiger partial charge in [0.25, 0.3) is 0 Å². The highest BCUT2D eigenvalue weighted by Crippen LogP contribution is 2.22. The zero-order chi connectivity index (χ0) is 9.68. The standard InChI is InChI=1S/C11H12OS/c1-3-8-13-11-7-5-4-6-10(11)9(2)12/h3-7H,1,8H2,2H3. The van der Waals surface area contributed by atoms with E-state index in [9.17, 15) is 4.79 Å². The van der Waals surface area contributed by atoms with Crippen molar-refractivity contribution in [1.82, 2.24) is 0 Å². The first-order chi connectivity index (χ1) is 6.25. The summed E-state index contributed by atoms with van der Waals surface area (Å²) >= 11 is 1.64. The van der Waals surface area contributed by atoms with Crippen LogP contribution in [0.3, 0.4) is 0 Å². The smallest absolute Gasteiger partial charge is 0.160 e. The van der Waals surface area contributed by atoms with E-state index < -0.39 is 0 Å². The van der Waals surface area contributed by atoms with E-state index in [1.165, 1.54) is 0 Å². The van der Waals surface area contributed by atoms with Gasteiger partial charge in [-0.15, -0.1) is 18.3 Å². The van der Waals surface area contributed by atoms with Crippen LogP contribution in [0, 0.1) is 0 Å². The molecule has 13 heavy (non-hydrogen) atoms. The number of hydrogen-bond acceptors (Lipinski definition) is 2. The average molecular weight is 192 g/mol. The highest BCUT2D eigenvalue weighted by molar-refractivity contribution is 7.99. The van der Waals surface area contributed by atoms with Crippen molar-refractivity contribution in [2.45, 2.75) is 11.8 Å². The Kier molecular flexibility index (Phi) is 3.77. The minimum atomic E-state index is 0.118. The summed E-state index contributed by atoms with van der Waals surface area (Å²) in [7, 11) is 0. The van der Waals surface area contributed by atoms with Crippen LogP contribution in [0.1, 0.15) is 17.3 Å². The highest BCUT2D eigenvalue weighted by Gasteiger charge is 2.04. The Morgan fingerprint density at radius 3 is 2.85 bits per heavy atom. The van der Waals surface area contributed by atoms with Crippen LogP contribution in [0.15, 0.2) is 41.8 Å². The Hall–Kier alpha value is -1.02. The molecule has 0 spiro atoms. The zero-order valence-corrected chi connectivity index (χ0v) is 8.43. The fourth-order valence-corrected chi connectivity index (χ4v) is 1.87. The lowest BCUT2D eigenvalue weighted by molar-refractivity contribution is 0.101. The quantitative estimate of drug-likeness (QED) is 0.414. The summed E-state index contributed by atoms with van der Waals surface area (Å²) in [5.41, 5.74) is 0.800. The van der Waals surface area contributed by atoms with Gasteiger partial charge in [0.05, 0.1) is 0 Å². The molecule has 0 aromatic heterocycles. The maximum Gasteiger partial charge on any atom is 0.160 e. The fraction of sp³-hybridized carbons (Fsp3) is 0.182. The second kappa shape index (κ2) is 4.87. The van der Waals surface area contributed by atoms with Gasteiger partial charge in [-0.3, -0.25) is 4.79 Å². The van der Waals surface area contributed by atoms with E-state index in [2.05, 4.69) is 6.58 Å². The van der Waals surface area contributed by atoms with Crippen LogP contribution in [0.5, 0.6) is 0 Å². The third-order valence-electron chi connectivity index (χ3n) is 1.62. The second-order valence-corrected chi connectivity index (χ2v) is 3.71. The Morgan fingerprint density at radius 1 is 1.54 bits per heavy atom. The van der Waals surface area contributed by atoms with Gasteiger partial charge in [0, 0.05) is 16.2 Å². The van der Waals surface area contributed by atoms with Crippen LogP contribution in [0.25, 0.3) is 0 Å². The van der Waals surface area contributed by atoms with Crippen molar-refractivity contribution >= 4 is 17.5 Å². The largest absolute Gasteiger partial charge is 0.294 e. The van der Waals surface area contributed by atoms with Crippen molar-refractivity contribution in [2.24, 2.45) is 0 Å². The van der Waals surface area contributed by atoms with E-state index in [0.29, 0.717) is 0 Å². The number of benzene rings is 1. The third-order valence-corrected chi connectivity index (χ3v) is 2.69. The number of carbonyl (C=O) groups is 1. The summed E-state index contributed by atoms with van der Waals surface area (Å²) in [5, 5.41) is 0. The van der Waals surface area contributed by atoms with Crippen LogP contribution in [-0.2, 0) is 0 Å². The summed E-state index contributed by atoms with van der Waals surface area (Å²) in [6.45, 7) is 5.24. The van der Waals surface area contributed by atoms with Gasteiger partial charge in [-0.1, -0.05) is 24.3 Å². The maximum absolute atomic E-state index is 11.2. The fourth-order valence-electron chi connectivity index (χ4n) is 1.03. The molecule has 0 radical (unpaired) electrons. The lowest BCUT2D eigenvalue weighted by Crippen LogP contribution is -1.94. The summed E-state index contributed by atoms with van der Waals surface area (Å²) in [4.78, 5) is 12.2. The van der Waals surface area contributed by atoms with Gasteiger partial charge in [-0.2, -0.15) is 0 Å². The summed E-state index contributed by atoms with van der Waals surface area (Å²) < 4.78 is 0. The maximum atomic E-state index is 11.2. The number of hydrogen-bond donors (Lipinski definition) is 0. The van der Waals surface area contributed by atoms with Crippen molar-refractivity contribution in [3.63, 3.8) is 0 Å². The predicted octanol–water partition coefficient (Wildman–Crippen LogP) is 3.17. The van der Waals surface area contributed by atoms with E-state index in [4.69, 9.17) is 0 Å². The number of carbonyl (C=O) groups excluding carboxylic acids is 1. The molecule has 1 aromatic carbocycles. The van der Waals surface area contributed by atoms with Crippen molar-refractivity contribution in [1.29, 1.82) is 0 Å². The molecule has 0 saturated carbocycles. The molecule has 0 saturated heterocycles. The lowest BCUT2D eigenvalue weighted by Gasteiger charge is -2.03. The van der Waals surface area contributed by atoms with Crippen LogP contribution in [0.4, 0.5) is 0 Å². The molecule has 0 amide bonds. The molecule has 0 atom stereocenters. The molecule has 0 aliphatic heterocycles. The average Bonchev–Trinajstić information content (AvgIpc) is 2.15. The molecule has 0 heterocycles. The van der Waals surface area contributed by atoms with Gasteiger partial charge in [0.1, 0.15) is 0 Å². The van der Waals surface area contributed by atoms with Crippen molar-refractivity contribution < 1.29 is 4.79 Å². The van der Waals surface area contributed by atoms with Gasteiger partial charge in [0.15, 0.2) is 5.78 Å². The van der Waals surface area contributed by atoms with Crippen LogP contribution in [0.2, 0.25) is 0 Å². The van der Waals surface area contributed by atoms with Gasteiger partial charge in [-0.05, 0) is 13.0 Å². The normalized spacial score (nSPS) is 9.62. The third kappa shape index (κ3) is 2.74.